The van der Waals surface area contributed by atoms with Gasteiger partial charge in [0.15, 0.2) is 17.9 Å². The number of benzene rings is 3. The van der Waals surface area contributed by atoms with E-state index in [0.29, 0.717) is 36.8 Å². The Morgan fingerprint density at radius 2 is 0.707 bits per heavy atom. The van der Waals surface area contributed by atoms with Crippen LogP contribution in [0.3, 0.4) is 0 Å². The monoisotopic (exact) mass is 1960 g/mol. The Hall–Kier alpha value is -15.3. The fourth-order valence-electron chi connectivity index (χ4n) is 14.1. The zero-order chi connectivity index (χ0) is 104. The van der Waals surface area contributed by atoms with E-state index in [2.05, 4.69) is 106 Å². The molecule has 18 amide bonds. The third kappa shape index (κ3) is 43.8. The Kier molecular flexibility index (Phi) is 51.5. The van der Waals surface area contributed by atoms with E-state index in [4.69, 9.17) is 50.6 Å². The van der Waals surface area contributed by atoms with Gasteiger partial charge in [-0.05, 0) is 119 Å². The minimum atomic E-state index is -2.01. The smallest absolute Gasteiger partial charge is 0.247 e. The van der Waals surface area contributed by atoms with Crippen LogP contribution in [0.1, 0.15) is 186 Å². The van der Waals surface area contributed by atoms with Crippen molar-refractivity contribution < 1.29 is 107 Å². The lowest BCUT2D eigenvalue weighted by atomic mass is 10.0. The number of aliphatic hydroxyl groups excluding tert-OH is 2. The molecule has 4 aromatic rings. The van der Waals surface area contributed by atoms with Crippen LogP contribution in [-0.4, -0.2) is 272 Å². The van der Waals surface area contributed by atoms with Gasteiger partial charge in [0.05, 0.1) is 31.2 Å². The lowest BCUT2D eigenvalue weighted by molar-refractivity contribution is -0.137. The number of phenols is 2. The number of amides is 18. The summed E-state index contributed by atoms with van der Waals surface area (Å²) in [6, 6.07) is -6.01. The Bertz CT molecular complexity index is 4820. The molecule has 3 aromatic carbocycles. The number of imidazole rings is 1. The number of nitrogens with two attached hydrogens (primary N) is 6. The van der Waals surface area contributed by atoms with E-state index in [1.165, 1.54) is 92.2 Å². The first-order chi connectivity index (χ1) is 66.4. The first-order valence-electron chi connectivity index (χ1n) is 45.9. The van der Waals surface area contributed by atoms with Crippen LogP contribution in [0.4, 0.5) is 0 Å². The third-order valence-corrected chi connectivity index (χ3v) is 21.7. The number of aromatic nitrogens is 2. The summed E-state index contributed by atoms with van der Waals surface area (Å²) in [6.45, 7) is 7.83. The number of hydrogen-bond donors (Lipinski definition) is 32. The van der Waals surface area contributed by atoms with Crippen molar-refractivity contribution in [3.8, 4) is 11.5 Å². The van der Waals surface area contributed by atoms with Crippen molar-refractivity contribution >= 4 is 124 Å². The number of carbonyl (C=O) groups is 18. The Morgan fingerprint density at radius 1 is 0.371 bits per heavy atom. The molecule has 140 heavy (non-hydrogen) atoms. The quantitative estimate of drug-likeness (QED) is 0.0111. The number of unbranched alkanes of at least 4 members (excludes halogenated alkanes) is 3. The summed E-state index contributed by atoms with van der Waals surface area (Å²) < 4.78 is 0. The first kappa shape index (κ1) is 117. The van der Waals surface area contributed by atoms with E-state index in [1.807, 2.05) is 0 Å². The first-order valence-corrected chi connectivity index (χ1v) is 45.9. The van der Waals surface area contributed by atoms with Crippen molar-refractivity contribution in [2.45, 2.75) is 273 Å². The topological polar surface area (TPSA) is 861 Å². The fraction of sp³-hybridized carbons (Fsp3) is 0.528. The van der Waals surface area contributed by atoms with E-state index < -0.39 is 253 Å². The molecule has 0 aliphatic heterocycles. The zero-order valence-corrected chi connectivity index (χ0v) is 79.1. The summed E-state index contributed by atoms with van der Waals surface area (Å²) in [4.78, 5) is 260. The molecule has 0 saturated carbocycles. The van der Waals surface area contributed by atoms with E-state index >= 15 is 9.59 Å². The number of hydrogen-bond acceptors (Lipinski definition) is 26. The summed E-state index contributed by atoms with van der Waals surface area (Å²) in [5.74, 6) is -20.1. The van der Waals surface area contributed by atoms with Gasteiger partial charge in [0, 0.05) is 58.4 Å². The molecule has 0 aliphatic rings. The van der Waals surface area contributed by atoms with E-state index in [-0.39, 0.29) is 126 Å². The Labute approximate surface area is 808 Å². The Morgan fingerprint density at radius 3 is 1.06 bits per heavy atom. The number of aromatic amines is 1. The molecular formula is C89H137N29O22. The Balaban J connectivity index is 1.69. The van der Waals surface area contributed by atoms with Crippen molar-refractivity contribution in [2.24, 2.45) is 34.4 Å². The molecule has 1 aromatic heterocycles. The molecule has 4 rings (SSSR count). The van der Waals surface area contributed by atoms with Gasteiger partial charge in [0.1, 0.15) is 102 Å². The van der Waals surface area contributed by atoms with Crippen molar-refractivity contribution in [1.82, 2.24) is 106 Å². The lowest BCUT2D eigenvalue weighted by Gasteiger charge is -2.29. The molecule has 16 atom stereocenters. The zero-order valence-electron chi connectivity index (χ0n) is 79.1. The average molecular weight is 1970 g/mol. The molecular weight excluding hydrogens is 1830 g/mol. The second-order valence-corrected chi connectivity index (χ2v) is 33.4. The number of H-pyrrole nitrogens is 1. The van der Waals surface area contributed by atoms with Gasteiger partial charge in [0.25, 0.3) is 0 Å². The molecule has 51 nitrogen and oxygen atoms in total. The lowest BCUT2D eigenvalue weighted by Crippen LogP contribution is -2.61. The second-order valence-electron chi connectivity index (χ2n) is 33.4. The van der Waals surface area contributed by atoms with Gasteiger partial charge in [-0.25, -0.2) is 4.98 Å². The van der Waals surface area contributed by atoms with Crippen LogP contribution in [0, 0.1) is 16.2 Å². The molecule has 770 valence electrons. The fourth-order valence-corrected chi connectivity index (χ4v) is 14.1. The number of aliphatic hydroxyl groups is 2. The van der Waals surface area contributed by atoms with Gasteiger partial charge in [-0.15, -0.1) is 0 Å². The summed E-state index contributed by atoms with van der Waals surface area (Å²) in [7, 11) is 0. The number of guanidine groups is 3. The number of rotatable bonds is 65. The predicted molar refractivity (Wildman–Crippen MR) is 508 cm³/mol. The van der Waals surface area contributed by atoms with Gasteiger partial charge >= 0.3 is 0 Å². The minimum absolute atomic E-state index is 0.00317. The highest BCUT2D eigenvalue weighted by molar-refractivity contribution is 6.02. The highest BCUT2D eigenvalue weighted by atomic mass is 16.3. The van der Waals surface area contributed by atoms with Crippen molar-refractivity contribution in [3.63, 3.8) is 0 Å². The summed E-state index contributed by atoms with van der Waals surface area (Å²) >= 11 is 0. The van der Waals surface area contributed by atoms with Crippen LogP contribution in [0.5, 0.6) is 11.5 Å². The number of primary amides is 3. The van der Waals surface area contributed by atoms with E-state index in [9.17, 15) is 97.1 Å². The number of nitrogens with zero attached hydrogens (tertiary/aromatic N) is 1. The normalized spacial score (nSPS) is 14.4. The molecule has 0 saturated heterocycles. The molecule has 0 aliphatic carbocycles. The standard InChI is InChI=1S/C89H137N29O22/c1-7-10-21-56(109-84(138)67(45-119)116-73(127)47(4)104-49(6)121)74(128)105-60(25-17-38-101-88(95)96)78(132)114-65(42-53-44-99-46-103-53)82(136)113-64(41-51-29-33-55(123)34-30-51)81(135)107-57(22-11-8-2)77(131)115-66(43-69(91)125)83(137)108-58(23-12-9-3)80(134)118-71(52-19-14-13-15-20-52)86(140)117-70(48(5)120)85(139)111-61(26-18-39-102-89(97)98)75(129)110-62(35-36-68(90)124)79(133)106-59(24-16-37-100-87(93)94)76(130)112-63(72(92)126)40-50-27-31-54(122)32-28-50/h13-15,19-20,27-34,44,46-48,56-67,70-71,119-120,122-123H,7-12,16-18,21-26,35-43,45H2,1-6H3,(H2,90,124)(H2,91,125)(H2,92,126)(H,99,103)(H,104,121)(H,105,128)(H,106,133)(H,107,135)(H,108,137)(H,109,138)(H,110,129)(H,111,139)(H,112,130)(H,113,136)(H,114,132)(H,115,131)(H,116,127)(H,117,140)(H,118,134)(H4,93,94,100)(H4,95,96,101)(H4,97,98,102)/t47-,48+,56-,57-,58-,59-,60-,61-,62-,63-,64-,65-,66-,67-,70-,71-/m0/s1. The molecule has 0 unspecified atom stereocenters. The maximum absolute atomic E-state index is 15.1. The molecule has 0 bridgehead atoms. The minimum Gasteiger partial charge on any atom is -0.508 e. The predicted octanol–water partition coefficient (Wildman–Crippen LogP) is -7.11. The van der Waals surface area contributed by atoms with Crippen LogP contribution in [0.2, 0.25) is 0 Å². The number of aromatic hydroxyl groups is 2. The van der Waals surface area contributed by atoms with Crippen LogP contribution < -0.4 is 130 Å². The van der Waals surface area contributed by atoms with E-state index in [0.717, 1.165) is 13.8 Å². The highest BCUT2D eigenvalue weighted by Crippen LogP contribution is 2.20. The van der Waals surface area contributed by atoms with Crippen LogP contribution >= 0.6 is 0 Å². The summed E-state index contributed by atoms with van der Waals surface area (Å²) in [5, 5.41) is 110. The summed E-state index contributed by atoms with van der Waals surface area (Å²) in [6.07, 6.45) is -1.18. The average Bonchev–Trinajstić information content (AvgIpc) is 1.20. The number of nitrogens with one attached hydrogen (secondary N) is 22. The number of carbonyl (C=O) groups excluding carboxylic acids is 18. The highest BCUT2D eigenvalue weighted by Gasteiger charge is 2.40. The molecule has 0 radical (unpaired) electrons. The van der Waals surface area contributed by atoms with Crippen LogP contribution in [-0.2, 0) is 106 Å². The molecule has 38 N–H and O–H groups in total. The maximum atomic E-state index is 15.1. The van der Waals surface area contributed by atoms with Crippen molar-refractivity contribution in [1.29, 1.82) is 16.2 Å². The van der Waals surface area contributed by atoms with E-state index in [1.54, 1.807) is 26.8 Å². The van der Waals surface area contributed by atoms with Gasteiger partial charge in [-0.1, -0.05) is 114 Å². The second kappa shape index (κ2) is 61.7. The molecule has 0 fully saturated rings. The molecule has 0 spiro atoms. The largest absolute Gasteiger partial charge is 0.508 e. The summed E-state index contributed by atoms with van der Waals surface area (Å²) in [5.41, 5.74) is 34.5. The van der Waals surface area contributed by atoms with Gasteiger partial charge in [-0.2, -0.15) is 0 Å². The van der Waals surface area contributed by atoms with Gasteiger partial charge in [-0.3, -0.25) is 103 Å². The van der Waals surface area contributed by atoms with Crippen molar-refractivity contribution in [3.05, 3.63) is 114 Å². The molecule has 1 heterocycles. The van der Waals surface area contributed by atoms with Crippen LogP contribution in [0.15, 0.2) is 91.4 Å². The van der Waals surface area contributed by atoms with Crippen molar-refractivity contribution in [2.75, 3.05) is 26.2 Å². The molecule has 51 heteroatoms. The van der Waals surface area contributed by atoms with Gasteiger partial charge in [0.2, 0.25) is 106 Å². The van der Waals surface area contributed by atoms with Crippen LogP contribution in [0.25, 0.3) is 0 Å². The third-order valence-electron chi connectivity index (χ3n) is 21.7. The maximum Gasteiger partial charge on any atom is 0.247 e. The number of phenolic OH excluding ortho intramolecular Hbond substituents is 2. The SMILES string of the molecule is CCCC[C@H](NC(=O)[C@H](CO)NC(=O)[C@H](C)NC(C)=O)C(=O)N[C@@H](CCCNC(=N)N)C(=O)N[C@@H](Cc1c[nH]cn1)C(=O)N[C@@H](Cc1ccc(O)cc1)C(=O)N[C@@H](CCCC)C(=O)N[C@@H](CC(N)=O)C(=O)N[C@@H](CCCC)C(=O)N[C@H](C(=O)N[C@H](C(=O)N[C@@H](CCCNC(=N)N)C(=O)N[C@@H](CCC(N)=O)C(=O)N[C@@H](CCCNC(=N)N)C(=O)N[C@@H](Cc1ccc(O)cc1)C(N)=O)[C@@H](C)O)c1ccccc1. The van der Waals surface area contributed by atoms with Gasteiger partial charge < -0.3 is 156 Å².